The van der Waals surface area contributed by atoms with Crippen LogP contribution in [0.3, 0.4) is 0 Å². The number of amides is 1. The molecule has 164 valence electrons. The molecular formula is C22H28F3N3O2. The standard InChI is InChI=1S/C22H28F3N3O2/c1-15(2)28(16-7-5-11-26-14-16)21(29)19-13-20(30-12-6-10-22(23,24)25)17-8-3-4-9-18(17)27-19/h3-4,8-9,13,15-16,26H,5-7,10-12,14H2,1-2H3/t16-/m1/s1. The quantitative estimate of drug-likeness (QED) is 0.664. The summed E-state index contributed by atoms with van der Waals surface area (Å²) in [7, 11) is 0. The Balaban J connectivity index is 1.86. The van der Waals surface area contributed by atoms with E-state index in [1.165, 1.54) is 0 Å². The van der Waals surface area contributed by atoms with Gasteiger partial charge in [-0.1, -0.05) is 12.1 Å². The van der Waals surface area contributed by atoms with E-state index in [1.54, 1.807) is 18.2 Å². The number of para-hydroxylation sites is 1. The lowest BCUT2D eigenvalue weighted by molar-refractivity contribution is -0.136. The van der Waals surface area contributed by atoms with Crippen molar-refractivity contribution in [1.29, 1.82) is 0 Å². The minimum absolute atomic E-state index is 0.00757. The highest BCUT2D eigenvalue weighted by atomic mass is 19.4. The van der Waals surface area contributed by atoms with Crippen LogP contribution in [0.1, 0.15) is 50.0 Å². The van der Waals surface area contributed by atoms with Gasteiger partial charge in [-0.05, 0) is 51.8 Å². The summed E-state index contributed by atoms with van der Waals surface area (Å²) in [6.45, 7) is 5.55. The van der Waals surface area contributed by atoms with Crippen molar-refractivity contribution in [3.8, 4) is 5.75 Å². The number of alkyl halides is 3. The monoisotopic (exact) mass is 423 g/mol. The molecule has 2 aromatic rings. The summed E-state index contributed by atoms with van der Waals surface area (Å²) >= 11 is 0. The number of nitrogens with one attached hydrogen (secondary N) is 1. The number of ether oxygens (including phenoxy) is 1. The molecule has 0 radical (unpaired) electrons. The third-order valence-corrected chi connectivity index (χ3v) is 5.21. The number of aromatic nitrogens is 1. The highest BCUT2D eigenvalue weighted by Gasteiger charge is 2.30. The van der Waals surface area contributed by atoms with Crippen LogP contribution in [0.15, 0.2) is 30.3 Å². The van der Waals surface area contributed by atoms with Crippen molar-refractivity contribution >= 4 is 16.8 Å². The SMILES string of the molecule is CC(C)N(C(=O)c1cc(OCCCC(F)(F)F)c2ccccc2n1)[C@@H]1CCCNC1. The molecule has 1 saturated heterocycles. The van der Waals surface area contributed by atoms with Gasteiger partial charge in [0.25, 0.3) is 5.91 Å². The van der Waals surface area contributed by atoms with Crippen molar-refractivity contribution in [2.24, 2.45) is 0 Å². The maximum Gasteiger partial charge on any atom is 0.389 e. The Morgan fingerprint density at radius 2 is 2.10 bits per heavy atom. The Morgan fingerprint density at radius 3 is 2.77 bits per heavy atom. The van der Waals surface area contributed by atoms with E-state index < -0.39 is 12.6 Å². The molecule has 0 saturated carbocycles. The summed E-state index contributed by atoms with van der Waals surface area (Å²) in [5.41, 5.74) is 0.832. The van der Waals surface area contributed by atoms with Crippen LogP contribution in [0.5, 0.6) is 5.75 Å². The van der Waals surface area contributed by atoms with Crippen molar-refractivity contribution in [3.05, 3.63) is 36.0 Å². The van der Waals surface area contributed by atoms with Crippen molar-refractivity contribution < 1.29 is 22.7 Å². The number of rotatable bonds is 7. The Morgan fingerprint density at radius 1 is 1.33 bits per heavy atom. The predicted octanol–water partition coefficient (Wildman–Crippen LogP) is 4.56. The van der Waals surface area contributed by atoms with Gasteiger partial charge in [0, 0.05) is 36.5 Å². The molecule has 0 unspecified atom stereocenters. The molecule has 30 heavy (non-hydrogen) atoms. The number of carbonyl (C=O) groups is 1. The Bertz CT molecular complexity index is 864. The van der Waals surface area contributed by atoms with Gasteiger partial charge in [-0.2, -0.15) is 13.2 Å². The Kier molecular flexibility index (Phi) is 7.18. The maximum atomic E-state index is 13.4. The molecule has 1 aromatic heterocycles. The van der Waals surface area contributed by atoms with E-state index in [0.29, 0.717) is 16.7 Å². The summed E-state index contributed by atoms with van der Waals surface area (Å²) < 4.78 is 42.9. The first-order valence-corrected chi connectivity index (χ1v) is 10.4. The topological polar surface area (TPSA) is 54.5 Å². The van der Waals surface area contributed by atoms with Crippen LogP contribution < -0.4 is 10.1 Å². The van der Waals surface area contributed by atoms with E-state index in [2.05, 4.69) is 10.3 Å². The second-order valence-electron chi connectivity index (χ2n) is 7.90. The zero-order chi connectivity index (χ0) is 21.7. The Labute approximate surface area is 174 Å². The number of carbonyl (C=O) groups excluding carboxylic acids is 1. The van der Waals surface area contributed by atoms with E-state index in [0.717, 1.165) is 25.9 Å². The minimum atomic E-state index is -4.21. The number of fused-ring (bicyclic) bond motifs is 1. The maximum absolute atomic E-state index is 13.4. The second kappa shape index (κ2) is 9.64. The van der Waals surface area contributed by atoms with Crippen molar-refractivity contribution in [1.82, 2.24) is 15.2 Å². The summed E-state index contributed by atoms with van der Waals surface area (Å²) in [6.07, 6.45) is -3.34. The van der Waals surface area contributed by atoms with Crippen LogP contribution in [0.4, 0.5) is 13.2 Å². The lowest BCUT2D eigenvalue weighted by Crippen LogP contribution is -2.51. The van der Waals surface area contributed by atoms with Crippen LogP contribution in [0, 0.1) is 0 Å². The van der Waals surface area contributed by atoms with E-state index in [4.69, 9.17) is 4.74 Å². The third kappa shape index (κ3) is 5.62. The molecule has 5 nitrogen and oxygen atoms in total. The summed E-state index contributed by atoms with van der Waals surface area (Å²) in [4.78, 5) is 19.7. The van der Waals surface area contributed by atoms with Gasteiger partial charge in [-0.15, -0.1) is 0 Å². The lowest BCUT2D eigenvalue weighted by Gasteiger charge is -2.37. The summed E-state index contributed by atoms with van der Waals surface area (Å²) in [5.74, 6) is 0.196. The number of nitrogens with zero attached hydrogens (tertiary/aromatic N) is 2. The molecule has 1 N–H and O–H groups in total. The highest BCUT2D eigenvalue weighted by molar-refractivity contribution is 5.97. The molecule has 1 aromatic carbocycles. The molecule has 1 aliphatic heterocycles. The molecule has 1 atom stereocenters. The van der Waals surface area contributed by atoms with E-state index >= 15 is 0 Å². The van der Waals surface area contributed by atoms with Crippen LogP contribution >= 0.6 is 0 Å². The van der Waals surface area contributed by atoms with Gasteiger partial charge in [0.05, 0.1) is 12.1 Å². The highest BCUT2D eigenvalue weighted by Crippen LogP contribution is 2.28. The van der Waals surface area contributed by atoms with Crippen molar-refractivity contribution in [3.63, 3.8) is 0 Å². The number of hydrogen-bond donors (Lipinski definition) is 1. The summed E-state index contributed by atoms with van der Waals surface area (Å²) in [6, 6.07) is 8.81. The fourth-order valence-corrected chi connectivity index (χ4v) is 3.85. The number of halogens is 3. The molecule has 0 bridgehead atoms. The molecule has 1 fully saturated rings. The molecule has 0 aliphatic carbocycles. The molecule has 1 amide bonds. The van der Waals surface area contributed by atoms with Crippen molar-refractivity contribution in [2.75, 3.05) is 19.7 Å². The van der Waals surface area contributed by atoms with Crippen LogP contribution in [0.25, 0.3) is 10.9 Å². The molecule has 0 spiro atoms. The van der Waals surface area contributed by atoms with E-state index in [1.807, 2.05) is 30.9 Å². The first kappa shape index (κ1) is 22.3. The number of piperidine rings is 1. The van der Waals surface area contributed by atoms with Gasteiger partial charge in [0.2, 0.25) is 0 Å². The first-order chi connectivity index (χ1) is 14.3. The lowest BCUT2D eigenvalue weighted by atomic mass is 10.0. The molecule has 2 heterocycles. The normalized spacial score (nSPS) is 17.3. The number of benzene rings is 1. The fourth-order valence-electron chi connectivity index (χ4n) is 3.85. The minimum Gasteiger partial charge on any atom is -0.493 e. The third-order valence-electron chi connectivity index (χ3n) is 5.21. The first-order valence-electron chi connectivity index (χ1n) is 10.4. The van der Waals surface area contributed by atoms with Gasteiger partial charge in [0.15, 0.2) is 0 Å². The second-order valence-corrected chi connectivity index (χ2v) is 7.90. The molecule has 3 rings (SSSR count). The number of pyridine rings is 1. The van der Waals surface area contributed by atoms with Crippen LogP contribution in [-0.2, 0) is 0 Å². The van der Waals surface area contributed by atoms with Gasteiger partial charge >= 0.3 is 6.18 Å². The van der Waals surface area contributed by atoms with E-state index in [9.17, 15) is 18.0 Å². The Hall–Kier alpha value is -2.35. The molecule has 8 heteroatoms. The summed E-state index contributed by atoms with van der Waals surface area (Å²) in [5, 5.41) is 4.01. The molecule has 1 aliphatic rings. The van der Waals surface area contributed by atoms with E-state index in [-0.39, 0.29) is 36.7 Å². The average molecular weight is 423 g/mol. The number of hydrogen-bond acceptors (Lipinski definition) is 4. The molecular weight excluding hydrogens is 395 g/mol. The predicted molar refractivity (Wildman–Crippen MR) is 110 cm³/mol. The van der Waals surface area contributed by atoms with Gasteiger partial charge in [-0.3, -0.25) is 4.79 Å². The average Bonchev–Trinajstić information content (AvgIpc) is 2.71. The smallest absolute Gasteiger partial charge is 0.389 e. The fraction of sp³-hybridized carbons (Fsp3) is 0.545. The van der Waals surface area contributed by atoms with Gasteiger partial charge < -0.3 is 15.0 Å². The van der Waals surface area contributed by atoms with Gasteiger partial charge in [0.1, 0.15) is 11.4 Å². The van der Waals surface area contributed by atoms with Crippen molar-refractivity contribution in [2.45, 2.75) is 57.8 Å². The van der Waals surface area contributed by atoms with Gasteiger partial charge in [-0.25, -0.2) is 4.98 Å². The zero-order valence-corrected chi connectivity index (χ0v) is 17.3. The largest absolute Gasteiger partial charge is 0.493 e. The van der Waals surface area contributed by atoms with Crippen LogP contribution in [0.2, 0.25) is 0 Å². The zero-order valence-electron chi connectivity index (χ0n) is 17.3. The van der Waals surface area contributed by atoms with Crippen LogP contribution in [-0.4, -0.2) is 53.7 Å².